The number of imide groups is 1. The first kappa shape index (κ1) is 15.1. The topological polar surface area (TPSA) is 46.2 Å². The normalized spacial score (nSPS) is 40.5. The van der Waals surface area contributed by atoms with E-state index in [1.165, 1.54) is 25.7 Å². The van der Waals surface area contributed by atoms with Crippen molar-refractivity contribution in [3.8, 4) is 0 Å². The van der Waals surface area contributed by atoms with E-state index < -0.39 is 0 Å². The van der Waals surface area contributed by atoms with E-state index >= 15 is 0 Å². The third-order valence-electron chi connectivity index (χ3n) is 6.63. The molecule has 1 spiro atoms. The minimum Gasteiger partial charge on any atom is -0.296 e. The molecule has 3 atom stereocenters. The number of carbonyl (C=O) groups is 2. The summed E-state index contributed by atoms with van der Waals surface area (Å²) in [5.74, 6) is 1.03. The molecule has 3 unspecified atom stereocenters. The fourth-order valence-electron chi connectivity index (χ4n) is 5.58. The third-order valence-corrected chi connectivity index (χ3v) is 6.63. The molecule has 0 aromatic heterocycles. The second kappa shape index (κ2) is 5.10. The van der Waals surface area contributed by atoms with Gasteiger partial charge in [0.15, 0.2) is 0 Å². The summed E-state index contributed by atoms with van der Waals surface area (Å²) in [7, 11) is 0. The van der Waals surface area contributed by atoms with Crippen LogP contribution in [0.4, 0.5) is 0 Å². The molecule has 0 bridgehead atoms. The van der Waals surface area contributed by atoms with Gasteiger partial charge in [0.1, 0.15) is 0 Å². The zero-order chi connectivity index (χ0) is 15.3. The lowest BCUT2D eigenvalue weighted by atomic mass is 9.50. The van der Waals surface area contributed by atoms with Gasteiger partial charge in [0.2, 0.25) is 11.8 Å². The Morgan fingerprint density at radius 3 is 2.38 bits per heavy atom. The number of hydrogen-bond acceptors (Lipinski definition) is 2. The first-order valence-electron chi connectivity index (χ1n) is 8.68. The van der Waals surface area contributed by atoms with Crippen LogP contribution in [0, 0.1) is 28.6 Å². The second-order valence-electron chi connectivity index (χ2n) is 8.61. The Bertz CT molecular complexity index is 450. The summed E-state index contributed by atoms with van der Waals surface area (Å²) in [6.45, 7) is 6.94. The van der Waals surface area contributed by atoms with Crippen molar-refractivity contribution in [2.45, 2.75) is 72.1 Å². The zero-order valence-corrected chi connectivity index (χ0v) is 13.7. The van der Waals surface area contributed by atoms with Crippen LogP contribution in [0.25, 0.3) is 0 Å². The van der Waals surface area contributed by atoms with Gasteiger partial charge >= 0.3 is 0 Å². The van der Waals surface area contributed by atoms with Crippen LogP contribution in [0.2, 0.25) is 0 Å². The molecule has 2 aliphatic carbocycles. The molecule has 3 heteroatoms. The molecule has 21 heavy (non-hydrogen) atoms. The SMILES string of the molecule is CC1CC(C)(C)CCC12CC(=O)NC(=O)C2C1CCCC1. The average molecular weight is 291 g/mol. The molecule has 0 aromatic carbocycles. The largest absolute Gasteiger partial charge is 0.296 e. The maximum Gasteiger partial charge on any atom is 0.230 e. The second-order valence-corrected chi connectivity index (χ2v) is 8.61. The standard InChI is InChI=1S/C18H29NO2/c1-12-10-17(2,3)8-9-18(12)11-14(20)19-16(21)15(18)13-6-4-5-7-13/h12-13,15H,4-11H2,1-3H3,(H,19,20,21). The molecule has 2 amide bonds. The number of nitrogens with one attached hydrogen (secondary N) is 1. The lowest BCUT2D eigenvalue weighted by Gasteiger charge is -2.54. The Balaban J connectivity index is 1.94. The van der Waals surface area contributed by atoms with Gasteiger partial charge in [-0.2, -0.15) is 0 Å². The van der Waals surface area contributed by atoms with E-state index in [1.54, 1.807) is 0 Å². The molecule has 1 saturated heterocycles. The minimum absolute atomic E-state index is 0.0321. The predicted octanol–water partition coefficient (Wildman–Crippen LogP) is 3.67. The van der Waals surface area contributed by atoms with Crippen LogP contribution in [0.5, 0.6) is 0 Å². The smallest absolute Gasteiger partial charge is 0.230 e. The Labute approximate surface area is 128 Å². The van der Waals surface area contributed by atoms with Crippen LogP contribution in [0.1, 0.15) is 72.1 Å². The summed E-state index contributed by atoms with van der Waals surface area (Å²) in [5.41, 5.74) is 0.284. The van der Waals surface area contributed by atoms with Crippen molar-refractivity contribution in [1.29, 1.82) is 0 Å². The maximum absolute atomic E-state index is 12.6. The van der Waals surface area contributed by atoms with Gasteiger partial charge in [-0.1, -0.05) is 33.6 Å². The number of amides is 2. The Hall–Kier alpha value is -0.860. The number of piperidine rings is 1. The van der Waals surface area contributed by atoms with Gasteiger partial charge in [0, 0.05) is 12.3 Å². The average Bonchev–Trinajstić information content (AvgIpc) is 2.87. The highest BCUT2D eigenvalue weighted by Gasteiger charge is 2.56. The van der Waals surface area contributed by atoms with E-state index in [0.29, 0.717) is 23.7 Å². The van der Waals surface area contributed by atoms with Crippen molar-refractivity contribution >= 4 is 11.8 Å². The molecule has 3 aliphatic rings. The number of hydrogen-bond donors (Lipinski definition) is 1. The van der Waals surface area contributed by atoms with E-state index in [2.05, 4.69) is 26.1 Å². The Morgan fingerprint density at radius 1 is 1.10 bits per heavy atom. The van der Waals surface area contributed by atoms with Crippen LogP contribution in [0.15, 0.2) is 0 Å². The molecule has 1 N–H and O–H groups in total. The van der Waals surface area contributed by atoms with E-state index in [0.717, 1.165) is 19.3 Å². The van der Waals surface area contributed by atoms with Crippen LogP contribution in [-0.4, -0.2) is 11.8 Å². The fourth-order valence-corrected chi connectivity index (χ4v) is 5.58. The molecular formula is C18H29NO2. The molecule has 0 aromatic rings. The molecule has 3 rings (SSSR count). The van der Waals surface area contributed by atoms with E-state index in [-0.39, 0.29) is 23.1 Å². The minimum atomic E-state index is -0.0655. The van der Waals surface area contributed by atoms with Gasteiger partial charge in [-0.05, 0) is 54.8 Å². The van der Waals surface area contributed by atoms with Crippen molar-refractivity contribution in [1.82, 2.24) is 5.32 Å². The van der Waals surface area contributed by atoms with E-state index in [1.807, 2.05) is 0 Å². The maximum atomic E-state index is 12.6. The van der Waals surface area contributed by atoms with Crippen molar-refractivity contribution in [3.63, 3.8) is 0 Å². The van der Waals surface area contributed by atoms with Crippen LogP contribution >= 0.6 is 0 Å². The molecule has 1 heterocycles. The summed E-state index contributed by atoms with van der Waals surface area (Å²) in [6.07, 6.45) is 8.72. The molecule has 3 fully saturated rings. The van der Waals surface area contributed by atoms with Crippen LogP contribution in [-0.2, 0) is 9.59 Å². The Kier molecular flexibility index (Phi) is 3.66. The number of carbonyl (C=O) groups excluding carboxylic acids is 2. The molecular weight excluding hydrogens is 262 g/mol. The lowest BCUT2D eigenvalue weighted by Crippen LogP contribution is -2.58. The quantitative estimate of drug-likeness (QED) is 0.749. The molecule has 1 aliphatic heterocycles. The monoisotopic (exact) mass is 291 g/mol. The van der Waals surface area contributed by atoms with Crippen molar-refractivity contribution in [2.75, 3.05) is 0 Å². The predicted molar refractivity (Wildman–Crippen MR) is 82.4 cm³/mol. The first-order chi connectivity index (χ1) is 9.84. The first-order valence-corrected chi connectivity index (χ1v) is 8.68. The highest BCUT2D eigenvalue weighted by Crippen LogP contribution is 2.58. The zero-order valence-electron chi connectivity index (χ0n) is 13.7. The third kappa shape index (κ3) is 2.53. The highest BCUT2D eigenvalue weighted by atomic mass is 16.2. The molecule has 2 saturated carbocycles. The van der Waals surface area contributed by atoms with Gasteiger partial charge in [0.25, 0.3) is 0 Å². The van der Waals surface area contributed by atoms with Crippen molar-refractivity contribution in [3.05, 3.63) is 0 Å². The van der Waals surface area contributed by atoms with E-state index in [9.17, 15) is 9.59 Å². The van der Waals surface area contributed by atoms with E-state index in [4.69, 9.17) is 0 Å². The lowest BCUT2D eigenvalue weighted by molar-refractivity contribution is -0.154. The number of rotatable bonds is 1. The molecule has 3 nitrogen and oxygen atoms in total. The van der Waals surface area contributed by atoms with Gasteiger partial charge in [-0.3, -0.25) is 14.9 Å². The summed E-state index contributed by atoms with van der Waals surface area (Å²) in [5, 5.41) is 2.64. The highest BCUT2D eigenvalue weighted by molar-refractivity contribution is 6.00. The van der Waals surface area contributed by atoms with Crippen LogP contribution in [0.3, 0.4) is 0 Å². The van der Waals surface area contributed by atoms with Crippen molar-refractivity contribution < 1.29 is 9.59 Å². The summed E-state index contributed by atoms with van der Waals surface area (Å²) >= 11 is 0. The van der Waals surface area contributed by atoms with Gasteiger partial charge in [-0.25, -0.2) is 0 Å². The summed E-state index contributed by atoms with van der Waals surface area (Å²) in [4.78, 5) is 24.7. The summed E-state index contributed by atoms with van der Waals surface area (Å²) < 4.78 is 0. The van der Waals surface area contributed by atoms with Gasteiger partial charge in [0.05, 0.1) is 0 Å². The molecule has 118 valence electrons. The van der Waals surface area contributed by atoms with Crippen LogP contribution < -0.4 is 5.32 Å². The molecule has 0 radical (unpaired) electrons. The van der Waals surface area contributed by atoms with Gasteiger partial charge in [-0.15, -0.1) is 0 Å². The summed E-state index contributed by atoms with van der Waals surface area (Å²) in [6, 6.07) is 0. The van der Waals surface area contributed by atoms with Gasteiger partial charge < -0.3 is 0 Å². The Morgan fingerprint density at radius 2 is 1.76 bits per heavy atom. The fraction of sp³-hybridized carbons (Fsp3) is 0.889. The van der Waals surface area contributed by atoms with Crippen molar-refractivity contribution in [2.24, 2.45) is 28.6 Å².